The molecule has 0 atom stereocenters. The van der Waals surface area contributed by atoms with Crippen molar-refractivity contribution in [1.29, 1.82) is 0 Å². The zero-order chi connectivity index (χ0) is 23.8. The van der Waals surface area contributed by atoms with E-state index in [9.17, 15) is 14.4 Å². The summed E-state index contributed by atoms with van der Waals surface area (Å²) in [6.07, 6.45) is 0.132. The van der Waals surface area contributed by atoms with Gasteiger partial charge < -0.3 is 10.6 Å². The predicted octanol–water partition coefficient (Wildman–Crippen LogP) is 3.44. The van der Waals surface area contributed by atoms with Crippen molar-refractivity contribution in [3.63, 3.8) is 0 Å². The van der Waals surface area contributed by atoms with Crippen LogP contribution in [0.2, 0.25) is 0 Å². The van der Waals surface area contributed by atoms with Gasteiger partial charge in [0.15, 0.2) is 5.11 Å². The molecule has 0 saturated carbocycles. The van der Waals surface area contributed by atoms with Crippen molar-refractivity contribution >= 4 is 51.5 Å². The van der Waals surface area contributed by atoms with Gasteiger partial charge in [0.05, 0.1) is 6.42 Å². The first-order valence-corrected chi connectivity index (χ1v) is 10.9. The average Bonchev–Trinajstić information content (AvgIpc) is 2.78. The first kappa shape index (κ1) is 23.9. The molecule has 8 heteroatoms. The molecule has 0 unspecified atom stereocenters. The molecule has 0 saturated heterocycles. The van der Waals surface area contributed by atoms with Crippen LogP contribution in [0.25, 0.3) is 10.8 Å². The lowest BCUT2D eigenvalue weighted by Gasteiger charge is -2.12. The summed E-state index contributed by atoms with van der Waals surface area (Å²) in [4.78, 5) is 36.5. The van der Waals surface area contributed by atoms with Gasteiger partial charge in [-0.05, 0) is 54.0 Å². The average molecular weight is 463 g/mol. The van der Waals surface area contributed by atoms with Crippen molar-refractivity contribution in [2.24, 2.45) is 0 Å². The quantitative estimate of drug-likeness (QED) is 0.332. The number of hydrogen-bond donors (Lipinski definition) is 4. The highest BCUT2D eigenvalue weighted by molar-refractivity contribution is 7.80. The summed E-state index contributed by atoms with van der Waals surface area (Å²) in [5.41, 5.74) is 8.56. The van der Waals surface area contributed by atoms with Crippen molar-refractivity contribution in [3.8, 4) is 0 Å². The Balaban J connectivity index is 1.39. The van der Waals surface area contributed by atoms with Crippen LogP contribution in [-0.2, 0) is 20.8 Å². The summed E-state index contributed by atoms with van der Waals surface area (Å²) in [5, 5.41) is 7.38. The third-order valence-corrected chi connectivity index (χ3v) is 5.24. The topological polar surface area (TPSA) is 99.3 Å². The molecule has 0 bridgehead atoms. The van der Waals surface area contributed by atoms with Crippen molar-refractivity contribution in [2.75, 3.05) is 5.32 Å². The number of carbonyl (C=O) groups excluding carboxylic acids is 3. The molecule has 4 N–H and O–H groups in total. The van der Waals surface area contributed by atoms with Crippen LogP contribution in [0, 0.1) is 13.8 Å². The van der Waals surface area contributed by atoms with Crippen LogP contribution in [0.4, 0.5) is 5.69 Å². The fraction of sp³-hybridized carbons (Fsp3) is 0.200. The van der Waals surface area contributed by atoms with Crippen LogP contribution >= 0.6 is 12.2 Å². The van der Waals surface area contributed by atoms with Gasteiger partial charge in [0.25, 0.3) is 0 Å². The van der Waals surface area contributed by atoms with Crippen molar-refractivity contribution in [2.45, 2.75) is 33.1 Å². The van der Waals surface area contributed by atoms with E-state index in [2.05, 4.69) is 21.5 Å². The number of nitrogens with one attached hydrogen (secondary N) is 4. The number of benzene rings is 3. The van der Waals surface area contributed by atoms with Gasteiger partial charge in [0.2, 0.25) is 17.7 Å². The summed E-state index contributed by atoms with van der Waals surface area (Å²) < 4.78 is 0. The Bertz CT molecular complexity index is 1200. The van der Waals surface area contributed by atoms with Gasteiger partial charge in [0.1, 0.15) is 0 Å². The Labute approximate surface area is 197 Å². The number of thiocarbonyl (C=S) groups is 1. The minimum Gasteiger partial charge on any atom is -0.326 e. The molecule has 3 aromatic rings. The number of aryl methyl sites for hydroxylation is 2. The van der Waals surface area contributed by atoms with Gasteiger partial charge in [-0.1, -0.05) is 60.2 Å². The van der Waals surface area contributed by atoms with E-state index in [1.807, 2.05) is 74.5 Å². The van der Waals surface area contributed by atoms with E-state index in [0.717, 1.165) is 33.2 Å². The van der Waals surface area contributed by atoms with Crippen LogP contribution in [0.1, 0.15) is 29.5 Å². The number of fused-ring (bicyclic) bond motifs is 1. The molecular weight excluding hydrogens is 436 g/mol. The minimum absolute atomic E-state index is 0.0149. The van der Waals surface area contributed by atoms with Gasteiger partial charge in [-0.3, -0.25) is 25.2 Å². The molecular formula is C25H26N4O3S. The monoisotopic (exact) mass is 462 g/mol. The van der Waals surface area contributed by atoms with E-state index < -0.39 is 5.91 Å². The maximum Gasteiger partial charge on any atom is 0.238 e. The lowest BCUT2D eigenvalue weighted by Crippen LogP contribution is -2.48. The minimum atomic E-state index is -0.420. The summed E-state index contributed by atoms with van der Waals surface area (Å²) in [7, 11) is 0. The summed E-state index contributed by atoms with van der Waals surface area (Å²) >= 11 is 5.07. The summed E-state index contributed by atoms with van der Waals surface area (Å²) in [6, 6.07) is 19.3. The maximum absolute atomic E-state index is 12.3. The van der Waals surface area contributed by atoms with Crippen LogP contribution in [0.3, 0.4) is 0 Å². The van der Waals surface area contributed by atoms with E-state index in [1.165, 1.54) is 0 Å². The van der Waals surface area contributed by atoms with Crippen molar-refractivity contribution in [1.82, 2.24) is 16.2 Å². The third kappa shape index (κ3) is 7.11. The van der Waals surface area contributed by atoms with Gasteiger partial charge in [-0.25, -0.2) is 0 Å². The molecule has 7 nitrogen and oxygen atoms in total. The fourth-order valence-corrected chi connectivity index (χ4v) is 3.57. The highest BCUT2D eigenvalue weighted by atomic mass is 32.1. The molecule has 0 aliphatic heterocycles. The standard InChI is InChI=1S/C25H26N4O3S/c1-16-10-11-21(17(2)14-16)26-22(30)12-13-23(31)28-29-25(33)27-24(32)15-19-8-5-7-18-6-3-4-9-20(18)19/h3-11,14H,12-13,15H2,1-2H3,(H,26,30)(H,28,31)(H2,27,29,32,33). The highest BCUT2D eigenvalue weighted by Gasteiger charge is 2.11. The molecule has 0 fully saturated rings. The number of rotatable bonds is 6. The molecule has 3 amide bonds. The van der Waals surface area contributed by atoms with Gasteiger partial charge in [-0.2, -0.15) is 0 Å². The Morgan fingerprint density at radius 2 is 1.55 bits per heavy atom. The second kappa shape index (κ2) is 11.2. The van der Waals surface area contributed by atoms with Crippen LogP contribution < -0.4 is 21.5 Å². The molecule has 0 spiro atoms. The maximum atomic E-state index is 12.3. The van der Waals surface area contributed by atoms with E-state index in [1.54, 1.807) is 0 Å². The number of hydrogen-bond acceptors (Lipinski definition) is 4. The van der Waals surface area contributed by atoms with E-state index in [4.69, 9.17) is 12.2 Å². The normalized spacial score (nSPS) is 10.4. The Hall–Kier alpha value is -3.78. The third-order valence-electron chi connectivity index (χ3n) is 5.03. The second-order valence-corrected chi connectivity index (χ2v) is 8.14. The van der Waals surface area contributed by atoms with E-state index >= 15 is 0 Å². The Morgan fingerprint density at radius 3 is 2.33 bits per heavy atom. The van der Waals surface area contributed by atoms with E-state index in [0.29, 0.717) is 0 Å². The molecule has 0 radical (unpaired) electrons. The van der Waals surface area contributed by atoms with Crippen LogP contribution in [-0.4, -0.2) is 22.8 Å². The highest BCUT2D eigenvalue weighted by Crippen LogP contribution is 2.19. The van der Waals surface area contributed by atoms with E-state index in [-0.39, 0.29) is 36.2 Å². The van der Waals surface area contributed by atoms with Crippen LogP contribution in [0.15, 0.2) is 60.7 Å². The van der Waals surface area contributed by atoms with Gasteiger partial charge in [0, 0.05) is 18.5 Å². The zero-order valence-corrected chi connectivity index (χ0v) is 19.3. The lowest BCUT2D eigenvalue weighted by atomic mass is 10.0. The fourth-order valence-electron chi connectivity index (χ4n) is 3.40. The molecule has 33 heavy (non-hydrogen) atoms. The van der Waals surface area contributed by atoms with Gasteiger partial charge >= 0.3 is 0 Å². The second-order valence-electron chi connectivity index (χ2n) is 7.73. The first-order chi connectivity index (χ1) is 15.8. The molecule has 0 aliphatic rings. The summed E-state index contributed by atoms with van der Waals surface area (Å²) in [5.74, 6) is -0.981. The Kier molecular flexibility index (Phi) is 8.10. The van der Waals surface area contributed by atoms with Gasteiger partial charge in [-0.15, -0.1) is 0 Å². The summed E-state index contributed by atoms with van der Waals surface area (Å²) in [6.45, 7) is 3.89. The Morgan fingerprint density at radius 1 is 0.818 bits per heavy atom. The lowest BCUT2D eigenvalue weighted by molar-refractivity contribution is -0.124. The number of anilines is 1. The zero-order valence-electron chi connectivity index (χ0n) is 18.5. The predicted molar refractivity (Wildman–Crippen MR) is 133 cm³/mol. The number of amides is 3. The molecule has 0 heterocycles. The largest absolute Gasteiger partial charge is 0.326 e. The molecule has 0 aliphatic carbocycles. The molecule has 170 valence electrons. The number of carbonyl (C=O) groups is 3. The van der Waals surface area contributed by atoms with Crippen molar-refractivity contribution in [3.05, 3.63) is 77.4 Å². The number of hydrazine groups is 1. The molecule has 3 rings (SSSR count). The SMILES string of the molecule is Cc1ccc(NC(=O)CCC(=O)NNC(=S)NC(=O)Cc2cccc3ccccc23)c(C)c1. The first-order valence-electron chi connectivity index (χ1n) is 10.5. The van der Waals surface area contributed by atoms with Crippen LogP contribution in [0.5, 0.6) is 0 Å². The molecule has 3 aromatic carbocycles. The molecule has 0 aromatic heterocycles. The van der Waals surface area contributed by atoms with Crippen molar-refractivity contribution < 1.29 is 14.4 Å². The smallest absolute Gasteiger partial charge is 0.238 e.